The van der Waals surface area contributed by atoms with Gasteiger partial charge in [0.15, 0.2) is 6.20 Å². The molecule has 0 aliphatic carbocycles. The van der Waals surface area contributed by atoms with Gasteiger partial charge >= 0.3 is 0 Å². The van der Waals surface area contributed by atoms with Gasteiger partial charge in [-0.3, -0.25) is 14.5 Å². The van der Waals surface area contributed by atoms with Crippen LogP contribution in [0.5, 0.6) is 5.75 Å². The molecular formula is C21H17ClIN3O3. The predicted octanol–water partition coefficient (Wildman–Crippen LogP) is 0.0637. The third-order valence-electron chi connectivity index (χ3n) is 4.58. The second-order valence-electron chi connectivity index (χ2n) is 6.43. The van der Waals surface area contributed by atoms with Gasteiger partial charge in [-0.25, -0.2) is 0 Å². The highest BCUT2D eigenvalue weighted by Crippen LogP contribution is 2.31. The lowest BCUT2D eigenvalue weighted by Gasteiger charge is -2.32. The average Bonchev–Trinajstić information content (AvgIpc) is 2.69. The van der Waals surface area contributed by atoms with E-state index in [4.69, 9.17) is 11.6 Å². The molecule has 8 heteroatoms. The van der Waals surface area contributed by atoms with E-state index in [1.165, 1.54) is 17.0 Å². The van der Waals surface area contributed by atoms with Crippen molar-refractivity contribution in [3.63, 3.8) is 0 Å². The Morgan fingerprint density at radius 3 is 2.45 bits per heavy atom. The first-order valence-corrected chi connectivity index (χ1v) is 9.06. The van der Waals surface area contributed by atoms with Crippen LogP contribution in [0.1, 0.15) is 11.7 Å². The van der Waals surface area contributed by atoms with Crippen LogP contribution in [0.15, 0.2) is 72.9 Å². The van der Waals surface area contributed by atoms with Gasteiger partial charge in [0.1, 0.15) is 5.75 Å². The minimum Gasteiger partial charge on any atom is -1.00 e. The molecule has 2 amide bonds. The number of benzene rings is 2. The molecule has 3 aromatic rings. The highest BCUT2D eigenvalue weighted by Gasteiger charge is 2.43. The number of nitrogens with zero attached hydrogens (tertiary/aromatic N) is 2. The van der Waals surface area contributed by atoms with Crippen molar-refractivity contribution in [1.82, 2.24) is 0 Å². The maximum absolute atomic E-state index is 13.2. The van der Waals surface area contributed by atoms with Gasteiger partial charge in [0.2, 0.25) is 18.3 Å². The molecule has 0 spiro atoms. The summed E-state index contributed by atoms with van der Waals surface area (Å²) in [7, 11) is 0. The Hall–Kier alpha value is -2.65. The summed E-state index contributed by atoms with van der Waals surface area (Å²) in [5.74, 6) is -0.473. The van der Waals surface area contributed by atoms with Crippen LogP contribution >= 0.6 is 11.6 Å². The molecule has 1 aromatic heterocycles. The molecule has 0 radical (unpaired) electrons. The van der Waals surface area contributed by atoms with Crippen LogP contribution in [-0.2, 0) is 16.1 Å². The van der Waals surface area contributed by atoms with Crippen LogP contribution in [-0.4, -0.2) is 16.9 Å². The van der Waals surface area contributed by atoms with E-state index in [9.17, 15) is 14.7 Å². The fraction of sp³-hybridized carbons (Fsp3) is 0.0952. The summed E-state index contributed by atoms with van der Waals surface area (Å²) in [4.78, 5) is 27.6. The molecule has 0 fully saturated rings. The van der Waals surface area contributed by atoms with Crippen molar-refractivity contribution < 1.29 is 43.2 Å². The number of hydrogen-bond donors (Lipinski definition) is 2. The maximum atomic E-state index is 13.2. The van der Waals surface area contributed by atoms with Gasteiger partial charge in [-0.15, -0.1) is 0 Å². The van der Waals surface area contributed by atoms with E-state index in [0.717, 1.165) is 0 Å². The van der Waals surface area contributed by atoms with E-state index in [-0.39, 0.29) is 48.1 Å². The third kappa shape index (κ3) is 4.35. The first-order valence-electron chi connectivity index (χ1n) is 8.69. The van der Waals surface area contributed by atoms with Crippen LogP contribution in [0, 0.1) is 0 Å². The zero-order chi connectivity index (χ0) is 19.7. The lowest BCUT2D eigenvalue weighted by atomic mass is 10.0. The quantitative estimate of drug-likeness (QED) is 0.378. The Kier molecular flexibility index (Phi) is 6.39. The van der Waals surface area contributed by atoms with E-state index in [1.54, 1.807) is 47.2 Å². The van der Waals surface area contributed by atoms with Gasteiger partial charge in [0.05, 0.1) is 0 Å². The maximum Gasteiger partial charge on any atom is 0.294 e. The number of anilines is 2. The molecular weight excluding hydrogens is 505 g/mol. The Morgan fingerprint density at radius 1 is 1.07 bits per heavy atom. The molecule has 29 heavy (non-hydrogen) atoms. The third-order valence-corrected chi connectivity index (χ3v) is 4.83. The summed E-state index contributed by atoms with van der Waals surface area (Å²) in [6.45, 7) is 0.127. The number of phenols is 1. The van der Waals surface area contributed by atoms with E-state index >= 15 is 0 Å². The minimum absolute atomic E-state index is 0. The van der Waals surface area contributed by atoms with Crippen LogP contribution in [0.4, 0.5) is 11.4 Å². The number of pyridine rings is 1. The van der Waals surface area contributed by atoms with Crippen molar-refractivity contribution in [2.45, 2.75) is 12.6 Å². The first-order chi connectivity index (χ1) is 13.5. The topological polar surface area (TPSA) is 73.5 Å². The zero-order valence-corrected chi connectivity index (χ0v) is 18.0. The second-order valence-corrected chi connectivity index (χ2v) is 6.87. The summed E-state index contributed by atoms with van der Waals surface area (Å²) < 4.78 is 1.77. The second kappa shape index (κ2) is 8.79. The smallest absolute Gasteiger partial charge is 0.294 e. The van der Waals surface area contributed by atoms with Gasteiger partial charge in [0, 0.05) is 28.5 Å². The molecule has 0 saturated carbocycles. The summed E-state index contributed by atoms with van der Waals surface area (Å²) >= 11 is 5.91. The van der Waals surface area contributed by atoms with Crippen LogP contribution < -0.4 is 38.8 Å². The molecule has 6 nitrogen and oxygen atoms in total. The number of phenolic OH excluding ortho intramolecular Hbond substituents is 1. The zero-order valence-electron chi connectivity index (χ0n) is 15.1. The van der Waals surface area contributed by atoms with E-state index < -0.39 is 6.04 Å². The first kappa shape index (κ1) is 21.1. The lowest BCUT2D eigenvalue weighted by Crippen LogP contribution is -3.00. The number of carbonyl (C=O) groups is 2. The summed E-state index contributed by atoms with van der Waals surface area (Å²) in [5, 5.41) is 13.0. The molecule has 1 aliphatic rings. The van der Waals surface area contributed by atoms with Gasteiger partial charge in [-0.2, -0.15) is 4.57 Å². The van der Waals surface area contributed by atoms with E-state index in [0.29, 0.717) is 22.1 Å². The van der Waals surface area contributed by atoms with Crippen molar-refractivity contribution in [3.05, 3.63) is 83.6 Å². The predicted molar refractivity (Wildman–Crippen MR) is 105 cm³/mol. The van der Waals surface area contributed by atoms with E-state index in [1.807, 2.05) is 18.2 Å². The molecule has 0 bridgehead atoms. The Labute approximate surface area is 189 Å². The van der Waals surface area contributed by atoms with Gasteiger partial charge in [-0.05, 0) is 48.5 Å². The number of fused-ring (bicyclic) bond motifs is 1. The molecule has 1 aliphatic heterocycles. The summed E-state index contributed by atoms with van der Waals surface area (Å²) in [6.07, 6.45) is 1.78. The molecule has 148 valence electrons. The fourth-order valence-electron chi connectivity index (χ4n) is 3.28. The minimum atomic E-state index is -0.859. The molecule has 4 rings (SSSR count). The number of rotatable bonds is 3. The van der Waals surface area contributed by atoms with Gasteiger partial charge < -0.3 is 34.4 Å². The Balaban J connectivity index is 0.00000240. The average molecular weight is 522 g/mol. The van der Waals surface area contributed by atoms with Crippen molar-refractivity contribution >= 4 is 34.8 Å². The number of amides is 2. The standard InChI is InChI=1S/C21H16ClN3O3.HI/c22-14-4-6-15(7-5-14)23-21(28)20-18-3-1-2-12-24(18)13-19(27)25(20)16-8-10-17(26)11-9-16;/h1-12,20H,13H2,(H-,23,26,28);1H. The number of carbonyl (C=O) groups excluding carboxylic acids is 2. The Bertz CT molecular complexity index is 1040. The van der Waals surface area contributed by atoms with Crippen molar-refractivity contribution in [1.29, 1.82) is 0 Å². The summed E-state index contributed by atoms with van der Waals surface area (Å²) in [6, 6.07) is 17.6. The number of hydrogen-bond acceptors (Lipinski definition) is 3. The number of aromatic hydroxyl groups is 1. The fourth-order valence-corrected chi connectivity index (χ4v) is 3.41. The number of aromatic nitrogens is 1. The van der Waals surface area contributed by atoms with Crippen LogP contribution in [0.3, 0.4) is 0 Å². The lowest BCUT2D eigenvalue weighted by molar-refractivity contribution is -0.695. The SMILES string of the molecule is O=C(Nc1ccc(Cl)cc1)C1c2cccc[n+]2CC(=O)N1c1ccc(O)cc1.[I-]. The molecule has 1 atom stereocenters. The van der Waals surface area contributed by atoms with Crippen LogP contribution in [0.25, 0.3) is 0 Å². The molecule has 2 N–H and O–H groups in total. The van der Waals surface area contributed by atoms with Gasteiger partial charge in [0.25, 0.3) is 11.8 Å². The van der Waals surface area contributed by atoms with Crippen molar-refractivity contribution in [2.24, 2.45) is 0 Å². The number of halogens is 2. The highest BCUT2D eigenvalue weighted by molar-refractivity contribution is 6.30. The highest BCUT2D eigenvalue weighted by atomic mass is 127. The molecule has 0 saturated heterocycles. The van der Waals surface area contributed by atoms with Crippen molar-refractivity contribution in [3.8, 4) is 5.75 Å². The largest absolute Gasteiger partial charge is 1.00 e. The molecule has 2 heterocycles. The van der Waals surface area contributed by atoms with E-state index in [2.05, 4.69) is 5.32 Å². The van der Waals surface area contributed by atoms with Crippen molar-refractivity contribution in [2.75, 3.05) is 10.2 Å². The molecule has 2 aromatic carbocycles. The summed E-state index contributed by atoms with van der Waals surface area (Å²) in [5.41, 5.74) is 1.82. The van der Waals surface area contributed by atoms with Gasteiger partial charge in [-0.1, -0.05) is 17.7 Å². The normalized spacial score (nSPS) is 15.3. The van der Waals surface area contributed by atoms with Crippen LogP contribution in [0.2, 0.25) is 5.02 Å². The Morgan fingerprint density at radius 2 is 1.76 bits per heavy atom. The number of nitrogens with one attached hydrogen (secondary N) is 1. The monoisotopic (exact) mass is 521 g/mol. The molecule has 1 unspecified atom stereocenters.